The predicted octanol–water partition coefficient (Wildman–Crippen LogP) is 1.68. The van der Waals surface area contributed by atoms with Crippen molar-refractivity contribution in [2.75, 3.05) is 33.3 Å². The maximum atomic E-state index is 11.4. The lowest BCUT2D eigenvalue weighted by molar-refractivity contribution is -0.144. The van der Waals surface area contributed by atoms with Crippen molar-refractivity contribution in [1.29, 1.82) is 0 Å². The summed E-state index contributed by atoms with van der Waals surface area (Å²) in [6, 6.07) is 0.260. The molecule has 0 amide bonds. The summed E-state index contributed by atoms with van der Waals surface area (Å²) in [7, 11) is 2.10. The largest absolute Gasteiger partial charge is 0.466 e. The minimum Gasteiger partial charge on any atom is -0.466 e. The lowest BCUT2D eigenvalue weighted by atomic mass is 9.98. The maximum Gasteiger partial charge on any atom is 0.307 e. The fourth-order valence-corrected chi connectivity index (χ4v) is 2.28. The van der Waals surface area contributed by atoms with Gasteiger partial charge in [-0.25, -0.2) is 0 Å². The van der Waals surface area contributed by atoms with E-state index in [1.165, 1.54) is 12.8 Å². The molecule has 1 fully saturated rings. The van der Waals surface area contributed by atoms with E-state index in [9.17, 15) is 4.79 Å². The van der Waals surface area contributed by atoms with Gasteiger partial charge in [-0.3, -0.25) is 4.79 Å². The van der Waals surface area contributed by atoms with Gasteiger partial charge in [-0.05, 0) is 52.7 Å². The van der Waals surface area contributed by atoms with Crippen molar-refractivity contribution in [3.05, 3.63) is 0 Å². The fourth-order valence-electron chi connectivity index (χ4n) is 2.28. The molecule has 108 valence electrons. The second kappa shape index (κ2) is 9.59. The average Bonchev–Trinajstić information content (AvgIpc) is 2.30. The quantitative estimate of drug-likeness (QED) is 0.751. The molecule has 1 aliphatic rings. The number of hydrogen-bond acceptors (Lipinski definition) is 4. The molecule has 1 heterocycles. The molecule has 0 saturated carbocycles. The Morgan fingerprint density at radius 3 is 2.83 bits per heavy atom. The van der Waals surface area contributed by atoms with Gasteiger partial charge in [0.15, 0.2) is 0 Å². The van der Waals surface area contributed by atoms with Crippen LogP contribution < -0.4 is 5.32 Å². The third kappa shape index (κ3) is 6.57. The first-order chi connectivity index (χ1) is 8.13. The van der Waals surface area contributed by atoms with E-state index < -0.39 is 0 Å². The zero-order valence-electron chi connectivity index (χ0n) is 11.8. The van der Waals surface area contributed by atoms with Gasteiger partial charge in [0.05, 0.1) is 13.0 Å². The van der Waals surface area contributed by atoms with Gasteiger partial charge in [0, 0.05) is 12.6 Å². The molecule has 0 bridgehead atoms. The highest BCUT2D eigenvalue weighted by Crippen LogP contribution is 2.13. The van der Waals surface area contributed by atoms with E-state index in [0.29, 0.717) is 13.0 Å². The van der Waals surface area contributed by atoms with E-state index in [1.54, 1.807) is 0 Å². The maximum absolute atomic E-state index is 11.4. The van der Waals surface area contributed by atoms with Gasteiger partial charge in [0.1, 0.15) is 0 Å². The number of carbonyl (C=O) groups is 1. The number of nitrogens with one attached hydrogen (secondary N) is 1. The summed E-state index contributed by atoms with van der Waals surface area (Å²) in [6.45, 7) is 7.73. The van der Waals surface area contributed by atoms with Crippen LogP contribution >= 0.6 is 12.4 Å². The highest BCUT2D eigenvalue weighted by Gasteiger charge is 2.19. The van der Waals surface area contributed by atoms with E-state index in [1.807, 2.05) is 6.92 Å². The lowest BCUT2D eigenvalue weighted by Crippen LogP contribution is -2.40. The van der Waals surface area contributed by atoms with Gasteiger partial charge in [-0.15, -0.1) is 12.4 Å². The molecule has 4 nitrogen and oxygen atoms in total. The van der Waals surface area contributed by atoms with Crippen molar-refractivity contribution in [3.8, 4) is 0 Å². The van der Waals surface area contributed by atoms with Crippen LogP contribution in [0, 0.1) is 5.92 Å². The molecular weight excluding hydrogens is 252 g/mol. The highest BCUT2D eigenvalue weighted by atomic mass is 35.5. The number of nitrogens with zero attached hydrogens (tertiary/aromatic N) is 1. The van der Waals surface area contributed by atoms with Crippen LogP contribution in [-0.4, -0.2) is 50.2 Å². The van der Waals surface area contributed by atoms with E-state index in [0.717, 1.165) is 25.6 Å². The molecule has 0 spiro atoms. The van der Waals surface area contributed by atoms with Crippen LogP contribution in [0.3, 0.4) is 0 Å². The highest BCUT2D eigenvalue weighted by molar-refractivity contribution is 5.85. The van der Waals surface area contributed by atoms with Crippen LogP contribution in [0.4, 0.5) is 0 Å². The molecule has 0 aliphatic carbocycles. The molecule has 2 unspecified atom stereocenters. The summed E-state index contributed by atoms with van der Waals surface area (Å²) < 4.78 is 4.97. The van der Waals surface area contributed by atoms with Crippen molar-refractivity contribution in [2.45, 2.75) is 39.2 Å². The second-order valence-corrected chi connectivity index (χ2v) is 5.01. The molecule has 1 rings (SSSR count). The smallest absolute Gasteiger partial charge is 0.307 e. The first-order valence-electron chi connectivity index (χ1n) is 6.70. The first-order valence-corrected chi connectivity index (χ1v) is 6.70. The van der Waals surface area contributed by atoms with E-state index in [2.05, 4.69) is 24.2 Å². The van der Waals surface area contributed by atoms with Gasteiger partial charge in [-0.1, -0.05) is 0 Å². The molecule has 5 heteroatoms. The number of rotatable bonds is 6. The first kappa shape index (κ1) is 17.7. The Kier molecular flexibility index (Phi) is 9.42. The van der Waals surface area contributed by atoms with Gasteiger partial charge >= 0.3 is 5.97 Å². The minimum atomic E-state index is -0.0892. The summed E-state index contributed by atoms with van der Waals surface area (Å²) >= 11 is 0. The standard InChI is InChI=1S/C13H26N2O2.ClH/c1-4-17-13(16)8-11(2)15(3)10-12-6-5-7-14-9-12;/h11-12,14H,4-10H2,1-3H3;1H. The number of halogens is 1. The Hall–Kier alpha value is -0.320. The van der Waals surface area contributed by atoms with Crippen LogP contribution in [0.5, 0.6) is 0 Å². The third-order valence-electron chi connectivity index (χ3n) is 3.46. The van der Waals surface area contributed by atoms with Crippen molar-refractivity contribution < 1.29 is 9.53 Å². The molecule has 0 aromatic heterocycles. The predicted molar refractivity (Wildman–Crippen MR) is 76.2 cm³/mol. The number of carbonyl (C=O) groups excluding carboxylic acids is 1. The SMILES string of the molecule is CCOC(=O)CC(C)N(C)CC1CCCNC1.Cl. The number of ether oxygens (including phenoxy) is 1. The van der Waals surface area contributed by atoms with Gasteiger partial charge in [-0.2, -0.15) is 0 Å². The van der Waals surface area contributed by atoms with E-state index in [-0.39, 0.29) is 24.4 Å². The van der Waals surface area contributed by atoms with Crippen LogP contribution in [0.2, 0.25) is 0 Å². The topological polar surface area (TPSA) is 41.6 Å². The number of piperidine rings is 1. The van der Waals surface area contributed by atoms with Crippen molar-refractivity contribution >= 4 is 18.4 Å². The fraction of sp³-hybridized carbons (Fsp3) is 0.923. The van der Waals surface area contributed by atoms with Crippen LogP contribution in [0.25, 0.3) is 0 Å². The third-order valence-corrected chi connectivity index (χ3v) is 3.46. The normalized spacial score (nSPS) is 21.2. The van der Waals surface area contributed by atoms with E-state index in [4.69, 9.17) is 4.74 Å². The minimum absolute atomic E-state index is 0. The van der Waals surface area contributed by atoms with Gasteiger partial charge in [0.25, 0.3) is 0 Å². The molecule has 0 radical (unpaired) electrons. The number of esters is 1. The summed E-state index contributed by atoms with van der Waals surface area (Å²) in [5.41, 5.74) is 0. The Morgan fingerprint density at radius 1 is 1.56 bits per heavy atom. The van der Waals surface area contributed by atoms with Crippen molar-refractivity contribution in [3.63, 3.8) is 0 Å². The van der Waals surface area contributed by atoms with E-state index >= 15 is 0 Å². The number of hydrogen-bond donors (Lipinski definition) is 1. The molecule has 0 aromatic rings. The molecule has 18 heavy (non-hydrogen) atoms. The van der Waals surface area contributed by atoms with Gasteiger partial charge in [0.2, 0.25) is 0 Å². The Labute approximate surface area is 117 Å². The molecule has 0 aromatic carbocycles. The van der Waals surface area contributed by atoms with Crippen LogP contribution in [0.1, 0.15) is 33.1 Å². The lowest BCUT2D eigenvalue weighted by Gasteiger charge is -2.31. The van der Waals surface area contributed by atoms with Crippen LogP contribution in [0.15, 0.2) is 0 Å². The zero-order valence-corrected chi connectivity index (χ0v) is 12.6. The molecule has 2 atom stereocenters. The molecule has 1 saturated heterocycles. The van der Waals surface area contributed by atoms with Crippen molar-refractivity contribution in [1.82, 2.24) is 10.2 Å². The summed E-state index contributed by atoms with van der Waals surface area (Å²) in [4.78, 5) is 13.7. The Balaban J connectivity index is 0.00000289. The Morgan fingerprint density at radius 2 is 2.28 bits per heavy atom. The summed E-state index contributed by atoms with van der Waals surface area (Å²) in [5.74, 6) is 0.631. The molecule has 1 aliphatic heterocycles. The Bertz CT molecular complexity index is 233. The molecule has 1 N–H and O–H groups in total. The van der Waals surface area contributed by atoms with Crippen molar-refractivity contribution in [2.24, 2.45) is 5.92 Å². The summed E-state index contributed by atoms with van der Waals surface area (Å²) in [5, 5.41) is 3.42. The molecular formula is C13H27ClN2O2. The monoisotopic (exact) mass is 278 g/mol. The second-order valence-electron chi connectivity index (χ2n) is 5.01. The summed E-state index contributed by atoms with van der Waals surface area (Å²) in [6.07, 6.45) is 3.05. The average molecular weight is 279 g/mol. The zero-order chi connectivity index (χ0) is 12.7. The van der Waals surface area contributed by atoms with Crippen LogP contribution in [-0.2, 0) is 9.53 Å². The van der Waals surface area contributed by atoms with Gasteiger partial charge < -0.3 is 15.0 Å².